The number of ether oxygens (including phenoxy) is 1. The van der Waals surface area contributed by atoms with E-state index in [4.69, 9.17) is 16.3 Å². The van der Waals surface area contributed by atoms with Crippen molar-refractivity contribution in [1.82, 2.24) is 0 Å². The Morgan fingerprint density at radius 2 is 2.06 bits per heavy atom. The molecule has 0 amide bonds. The minimum atomic E-state index is -0.419. The molecule has 86 valence electrons. The van der Waals surface area contributed by atoms with E-state index in [2.05, 4.69) is 5.32 Å². The number of rotatable bonds is 0. The molecule has 0 atom stereocenters. The summed E-state index contributed by atoms with van der Waals surface area (Å²) in [7, 11) is 0. The molecular weight excluding hydrogens is 229 g/mol. The lowest BCUT2D eigenvalue weighted by Gasteiger charge is -2.36. The fourth-order valence-corrected chi connectivity index (χ4v) is 2.74. The van der Waals surface area contributed by atoms with Gasteiger partial charge in [-0.3, -0.25) is 0 Å². The molecule has 0 unspecified atom stereocenters. The Morgan fingerprint density at radius 3 is 2.81 bits per heavy atom. The van der Waals surface area contributed by atoms with Gasteiger partial charge in [-0.1, -0.05) is 11.6 Å². The molecule has 3 rings (SSSR count). The van der Waals surface area contributed by atoms with E-state index < -0.39 is 5.82 Å². The van der Waals surface area contributed by atoms with Gasteiger partial charge in [0.05, 0.1) is 17.3 Å². The van der Waals surface area contributed by atoms with Crippen LogP contribution in [0.3, 0.4) is 0 Å². The van der Waals surface area contributed by atoms with Crippen molar-refractivity contribution in [1.29, 1.82) is 0 Å². The summed E-state index contributed by atoms with van der Waals surface area (Å²) in [6, 6.07) is 2.97. The van der Waals surface area contributed by atoms with Crippen molar-refractivity contribution in [2.45, 2.75) is 31.3 Å². The van der Waals surface area contributed by atoms with Gasteiger partial charge in [0.25, 0.3) is 0 Å². The van der Waals surface area contributed by atoms with Gasteiger partial charge in [-0.25, -0.2) is 4.39 Å². The fourth-order valence-electron chi connectivity index (χ4n) is 2.57. The van der Waals surface area contributed by atoms with Gasteiger partial charge in [0.1, 0.15) is 17.2 Å². The fraction of sp³-hybridized carbons (Fsp3) is 0.500. The first-order valence-electron chi connectivity index (χ1n) is 5.61. The van der Waals surface area contributed by atoms with Gasteiger partial charge in [0, 0.05) is 6.07 Å². The van der Waals surface area contributed by atoms with Crippen LogP contribution in [0.2, 0.25) is 5.02 Å². The van der Waals surface area contributed by atoms with E-state index in [9.17, 15) is 4.39 Å². The van der Waals surface area contributed by atoms with Crippen LogP contribution in [0.25, 0.3) is 0 Å². The Hall–Kier alpha value is -0.960. The third-order valence-corrected chi connectivity index (χ3v) is 3.75. The maximum atomic E-state index is 13.3. The summed E-state index contributed by atoms with van der Waals surface area (Å²) in [5.74, 6) is 0.173. The van der Waals surface area contributed by atoms with Crippen molar-refractivity contribution in [2.24, 2.45) is 0 Å². The molecule has 1 spiro atoms. The zero-order valence-corrected chi connectivity index (χ0v) is 9.61. The van der Waals surface area contributed by atoms with Crippen LogP contribution in [-0.2, 0) is 0 Å². The summed E-state index contributed by atoms with van der Waals surface area (Å²) in [5.41, 5.74) is 0.678. The second kappa shape index (κ2) is 3.52. The molecule has 1 aliphatic heterocycles. The monoisotopic (exact) mass is 241 g/mol. The highest BCUT2D eigenvalue weighted by molar-refractivity contribution is 6.31. The topological polar surface area (TPSA) is 21.3 Å². The summed E-state index contributed by atoms with van der Waals surface area (Å²) in [4.78, 5) is 0. The van der Waals surface area contributed by atoms with Crippen molar-refractivity contribution < 1.29 is 9.13 Å². The van der Waals surface area contributed by atoms with Crippen molar-refractivity contribution in [3.63, 3.8) is 0 Å². The van der Waals surface area contributed by atoms with Gasteiger partial charge in [-0.15, -0.1) is 0 Å². The maximum absolute atomic E-state index is 13.3. The Kier molecular flexibility index (Phi) is 2.25. The lowest BCUT2D eigenvalue weighted by Crippen LogP contribution is -2.43. The van der Waals surface area contributed by atoms with Crippen LogP contribution >= 0.6 is 11.6 Å². The number of benzene rings is 1. The normalized spacial score (nSPS) is 21.4. The smallest absolute Gasteiger partial charge is 0.146 e. The maximum Gasteiger partial charge on any atom is 0.146 e. The molecule has 16 heavy (non-hydrogen) atoms. The molecule has 1 aromatic rings. The first-order chi connectivity index (χ1) is 7.69. The third kappa shape index (κ3) is 1.54. The Balaban J connectivity index is 1.96. The molecular formula is C12H13ClFNO. The number of anilines is 1. The average Bonchev–Trinajstić information content (AvgIpc) is 2.69. The molecule has 0 bridgehead atoms. The summed E-state index contributed by atoms with van der Waals surface area (Å²) in [6.07, 6.45) is 4.47. The molecule has 0 saturated heterocycles. The van der Waals surface area contributed by atoms with Crippen LogP contribution in [0.15, 0.2) is 12.1 Å². The van der Waals surface area contributed by atoms with Crippen molar-refractivity contribution in [2.75, 3.05) is 11.9 Å². The van der Waals surface area contributed by atoms with Gasteiger partial charge < -0.3 is 10.1 Å². The van der Waals surface area contributed by atoms with Crippen molar-refractivity contribution >= 4 is 17.3 Å². The Labute approximate surface area is 98.7 Å². The van der Waals surface area contributed by atoms with Crippen molar-refractivity contribution in [3.05, 3.63) is 23.0 Å². The van der Waals surface area contributed by atoms with E-state index in [1.54, 1.807) is 6.07 Å². The Morgan fingerprint density at radius 1 is 1.31 bits per heavy atom. The quantitative estimate of drug-likeness (QED) is 0.750. The predicted molar refractivity (Wildman–Crippen MR) is 61.7 cm³/mol. The van der Waals surface area contributed by atoms with Gasteiger partial charge in [0.2, 0.25) is 0 Å². The highest BCUT2D eigenvalue weighted by Crippen LogP contribution is 2.42. The lowest BCUT2D eigenvalue weighted by atomic mass is 10.00. The van der Waals surface area contributed by atoms with E-state index >= 15 is 0 Å². The van der Waals surface area contributed by atoms with Crippen LogP contribution < -0.4 is 10.1 Å². The SMILES string of the molecule is Fc1cc2c(cc1Cl)NCC1(CCCC1)O2. The second-order valence-corrected chi connectivity index (χ2v) is 5.02. The van der Waals surface area contributed by atoms with Gasteiger partial charge >= 0.3 is 0 Å². The van der Waals surface area contributed by atoms with E-state index in [-0.39, 0.29) is 10.6 Å². The minimum Gasteiger partial charge on any atom is -0.483 e. The van der Waals surface area contributed by atoms with E-state index in [0.29, 0.717) is 5.75 Å². The van der Waals surface area contributed by atoms with E-state index in [1.807, 2.05) is 0 Å². The predicted octanol–water partition coefficient (Wildman–Crippen LogP) is 3.60. The number of fused-ring (bicyclic) bond motifs is 1. The third-order valence-electron chi connectivity index (χ3n) is 3.46. The van der Waals surface area contributed by atoms with Crippen LogP contribution in [0.5, 0.6) is 5.75 Å². The molecule has 0 radical (unpaired) electrons. The van der Waals surface area contributed by atoms with Gasteiger partial charge in [0.15, 0.2) is 0 Å². The largest absolute Gasteiger partial charge is 0.483 e. The minimum absolute atomic E-state index is 0.118. The lowest BCUT2D eigenvalue weighted by molar-refractivity contribution is 0.0826. The molecule has 1 aliphatic carbocycles. The average molecular weight is 242 g/mol. The van der Waals surface area contributed by atoms with Crippen LogP contribution in [0.1, 0.15) is 25.7 Å². The van der Waals surface area contributed by atoms with E-state index in [1.165, 1.54) is 18.9 Å². The molecule has 1 saturated carbocycles. The summed E-state index contributed by atoms with van der Waals surface area (Å²) in [6.45, 7) is 0.794. The summed E-state index contributed by atoms with van der Waals surface area (Å²) >= 11 is 5.73. The molecule has 1 aromatic carbocycles. The second-order valence-electron chi connectivity index (χ2n) is 4.61. The van der Waals surface area contributed by atoms with Crippen LogP contribution in [0, 0.1) is 5.82 Å². The first kappa shape index (κ1) is 10.2. The summed E-state index contributed by atoms with van der Waals surface area (Å²) < 4.78 is 19.3. The number of nitrogens with one attached hydrogen (secondary N) is 1. The molecule has 1 fully saturated rings. The number of hydrogen-bond donors (Lipinski definition) is 1. The molecule has 0 aromatic heterocycles. The molecule has 1 N–H and O–H groups in total. The van der Waals surface area contributed by atoms with Crippen LogP contribution in [0.4, 0.5) is 10.1 Å². The molecule has 2 aliphatic rings. The number of hydrogen-bond acceptors (Lipinski definition) is 2. The zero-order valence-electron chi connectivity index (χ0n) is 8.85. The van der Waals surface area contributed by atoms with Gasteiger partial charge in [-0.05, 0) is 31.7 Å². The summed E-state index contributed by atoms with van der Waals surface area (Å²) in [5, 5.41) is 3.42. The molecule has 1 heterocycles. The van der Waals surface area contributed by atoms with Crippen LogP contribution in [-0.4, -0.2) is 12.1 Å². The molecule has 2 nitrogen and oxygen atoms in total. The standard InChI is InChI=1S/C12H13ClFNO/c13-8-5-10-11(6-9(8)14)16-12(7-15-10)3-1-2-4-12/h5-6,15H,1-4,7H2. The highest BCUT2D eigenvalue weighted by Gasteiger charge is 2.39. The first-order valence-corrected chi connectivity index (χ1v) is 5.98. The zero-order chi connectivity index (χ0) is 11.2. The number of halogens is 2. The molecule has 4 heteroatoms. The Bertz CT molecular complexity index is 429. The van der Waals surface area contributed by atoms with Gasteiger partial charge in [-0.2, -0.15) is 0 Å². The highest BCUT2D eigenvalue weighted by atomic mass is 35.5. The van der Waals surface area contributed by atoms with E-state index in [0.717, 1.165) is 25.1 Å². The van der Waals surface area contributed by atoms with Crippen molar-refractivity contribution in [3.8, 4) is 5.75 Å².